The topological polar surface area (TPSA) is 76.3 Å². The van der Waals surface area contributed by atoms with Gasteiger partial charge in [-0.25, -0.2) is 8.42 Å². The van der Waals surface area contributed by atoms with Gasteiger partial charge in [-0.15, -0.1) is 0 Å². The first kappa shape index (κ1) is 13.1. The summed E-state index contributed by atoms with van der Waals surface area (Å²) in [6.45, 7) is 3.19. The van der Waals surface area contributed by atoms with Crippen LogP contribution in [0.25, 0.3) is 0 Å². The molecular formula is C10H17N3O2S. The lowest BCUT2D eigenvalue weighted by atomic mass is 10.4. The van der Waals surface area contributed by atoms with Crippen molar-refractivity contribution in [1.82, 2.24) is 9.29 Å². The highest BCUT2D eigenvalue weighted by Crippen LogP contribution is 2.13. The Balaban J connectivity index is 2.91. The fraction of sp³-hybridized carbons (Fsp3) is 0.500. The van der Waals surface area contributed by atoms with Crippen LogP contribution in [0.1, 0.15) is 13.3 Å². The maximum atomic E-state index is 12.1. The van der Waals surface area contributed by atoms with Crippen LogP contribution in [0.4, 0.5) is 0 Å². The van der Waals surface area contributed by atoms with Gasteiger partial charge >= 0.3 is 0 Å². The second-order valence-corrected chi connectivity index (χ2v) is 5.27. The molecule has 0 amide bonds. The molecule has 0 bridgehead atoms. The van der Waals surface area contributed by atoms with Crippen LogP contribution in [0.5, 0.6) is 0 Å². The Morgan fingerprint density at radius 3 is 2.75 bits per heavy atom. The third kappa shape index (κ3) is 3.01. The summed E-state index contributed by atoms with van der Waals surface area (Å²) in [5.41, 5.74) is 5.38. The second-order valence-electron chi connectivity index (χ2n) is 3.33. The summed E-state index contributed by atoms with van der Waals surface area (Å²) >= 11 is 0. The molecule has 0 radical (unpaired) electrons. The third-order valence-electron chi connectivity index (χ3n) is 2.24. The molecular weight excluding hydrogens is 226 g/mol. The predicted molar refractivity (Wildman–Crippen MR) is 62.3 cm³/mol. The fourth-order valence-corrected chi connectivity index (χ4v) is 2.82. The van der Waals surface area contributed by atoms with Gasteiger partial charge in [-0.3, -0.25) is 4.98 Å². The first-order valence-electron chi connectivity index (χ1n) is 5.23. The van der Waals surface area contributed by atoms with Crippen LogP contribution in [-0.4, -0.2) is 37.3 Å². The molecule has 16 heavy (non-hydrogen) atoms. The summed E-state index contributed by atoms with van der Waals surface area (Å²) in [7, 11) is -3.41. The average Bonchev–Trinajstić information content (AvgIpc) is 2.31. The van der Waals surface area contributed by atoms with Crippen molar-refractivity contribution >= 4 is 10.0 Å². The van der Waals surface area contributed by atoms with E-state index in [9.17, 15) is 8.42 Å². The van der Waals surface area contributed by atoms with Crippen LogP contribution in [0.2, 0.25) is 0 Å². The van der Waals surface area contributed by atoms with E-state index >= 15 is 0 Å². The summed E-state index contributed by atoms with van der Waals surface area (Å²) in [6, 6.07) is 3.16. The van der Waals surface area contributed by atoms with Gasteiger partial charge in [0.15, 0.2) is 0 Å². The van der Waals surface area contributed by atoms with Crippen molar-refractivity contribution in [1.29, 1.82) is 0 Å². The van der Waals surface area contributed by atoms with E-state index in [4.69, 9.17) is 5.73 Å². The molecule has 6 heteroatoms. The minimum atomic E-state index is -3.41. The first-order valence-corrected chi connectivity index (χ1v) is 6.67. The highest BCUT2D eigenvalue weighted by atomic mass is 32.2. The van der Waals surface area contributed by atoms with Gasteiger partial charge in [-0.1, -0.05) is 6.92 Å². The van der Waals surface area contributed by atoms with Crippen molar-refractivity contribution in [2.24, 2.45) is 5.73 Å². The van der Waals surface area contributed by atoms with E-state index < -0.39 is 10.0 Å². The van der Waals surface area contributed by atoms with Gasteiger partial charge < -0.3 is 5.73 Å². The van der Waals surface area contributed by atoms with E-state index in [-0.39, 0.29) is 4.90 Å². The van der Waals surface area contributed by atoms with Crippen molar-refractivity contribution in [3.8, 4) is 0 Å². The van der Waals surface area contributed by atoms with E-state index in [1.165, 1.54) is 10.5 Å². The Morgan fingerprint density at radius 1 is 1.50 bits per heavy atom. The highest BCUT2D eigenvalue weighted by molar-refractivity contribution is 7.89. The van der Waals surface area contributed by atoms with Crippen LogP contribution in [-0.2, 0) is 10.0 Å². The Morgan fingerprint density at radius 2 is 2.25 bits per heavy atom. The molecule has 90 valence electrons. The quantitative estimate of drug-likeness (QED) is 0.786. The number of pyridine rings is 1. The lowest BCUT2D eigenvalue weighted by molar-refractivity contribution is 0.422. The molecule has 0 fully saturated rings. The molecule has 1 rings (SSSR count). The molecule has 0 aromatic carbocycles. The van der Waals surface area contributed by atoms with Crippen LogP contribution >= 0.6 is 0 Å². The van der Waals surface area contributed by atoms with E-state index in [1.54, 1.807) is 18.3 Å². The first-order chi connectivity index (χ1) is 7.62. The SMILES string of the molecule is CCN(CCCN)S(=O)(=O)c1cccnc1. The summed E-state index contributed by atoms with van der Waals surface area (Å²) in [6.07, 6.45) is 3.57. The number of nitrogens with two attached hydrogens (primary N) is 1. The molecule has 0 aliphatic carbocycles. The summed E-state index contributed by atoms with van der Waals surface area (Å²) in [5, 5.41) is 0. The molecule has 0 unspecified atom stereocenters. The van der Waals surface area contributed by atoms with E-state index in [0.717, 1.165) is 0 Å². The number of aromatic nitrogens is 1. The second kappa shape index (κ2) is 5.93. The Labute approximate surface area is 96.3 Å². The fourth-order valence-electron chi connectivity index (χ4n) is 1.36. The molecule has 0 aliphatic rings. The van der Waals surface area contributed by atoms with Crippen molar-refractivity contribution in [2.45, 2.75) is 18.2 Å². The van der Waals surface area contributed by atoms with E-state index in [2.05, 4.69) is 4.98 Å². The molecule has 0 atom stereocenters. The number of sulfonamides is 1. The average molecular weight is 243 g/mol. The smallest absolute Gasteiger partial charge is 0.244 e. The van der Waals surface area contributed by atoms with Crippen molar-refractivity contribution in [3.63, 3.8) is 0 Å². The van der Waals surface area contributed by atoms with Crippen LogP contribution < -0.4 is 5.73 Å². The van der Waals surface area contributed by atoms with Gasteiger partial charge in [0, 0.05) is 25.5 Å². The Kier molecular flexibility index (Phi) is 4.85. The minimum absolute atomic E-state index is 0.230. The largest absolute Gasteiger partial charge is 0.330 e. The van der Waals surface area contributed by atoms with Gasteiger partial charge in [0.25, 0.3) is 0 Å². The predicted octanol–water partition coefficient (Wildman–Crippen LogP) is 0.441. The third-order valence-corrected chi connectivity index (χ3v) is 4.19. The zero-order valence-corrected chi connectivity index (χ0v) is 10.2. The molecule has 1 heterocycles. The van der Waals surface area contributed by atoms with Crippen molar-refractivity contribution < 1.29 is 8.42 Å². The molecule has 0 saturated heterocycles. The van der Waals surface area contributed by atoms with Crippen molar-refractivity contribution in [3.05, 3.63) is 24.5 Å². The maximum absolute atomic E-state index is 12.1. The van der Waals surface area contributed by atoms with Crippen LogP contribution in [0.3, 0.4) is 0 Å². The Bertz CT molecular complexity index is 405. The van der Waals surface area contributed by atoms with Gasteiger partial charge in [0.2, 0.25) is 10.0 Å². The normalized spacial score (nSPS) is 11.9. The van der Waals surface area contributed by atoms with Gasteiger partial charge in [-0.05, 0) is 25.1 Å². The number of hydrogen-bond acceptors (Lipinski definition) is 4. The van der Waals surface area contributed by atoms with E-state index in [1.807, 2.05) is 6.92 Å². The molecule has 1 aromatic rings. The number of hydrogen-bond donors (Lipinski definition) is 1. The molecule has 0 spiro atoms. The highest BCUT2D eigenvalue weighted by Gasteiger charge is 2.22. The van der Waals surface area contributed by atoms with Gasteiger partial charge in [-0.2, -0.15) is 4.31 Å². The van der Waals surface area contributed by atoms with Gasteiger partial charge in [0.1, 0.15) is 4.90 Å². The van der Waals surface area contributed by atoms with Crippen LogP contribution in [0.15, 0.2) is 29.4 Å². The minimum Gasteiger partial charge on any atom is -0.330 e. The molecule has 0 saturated carbocycles. The Hall–Kier alpha value is -0.980. The molecule has 5 nitrogen and oxygen atoms in total. The molecule has 0 aliphatic heterocycles. The monoisotopic (exact) mass is 243 g/mol. The van der Waals surface area contributed by atoms with E-state index in [0.29, 0.717) is 26.1 Å². The number of nitrogens with zero attached hydrogens (tertiary/aromatic N) is 2. The number of rotatable bonds is 6. The zero-order valence-electron chi connectivity index (χ0n) is 9.33. The van der Waals surface area contributed by atoms with Gasteiger partial charge in [0.05, 0.1) is 0 Å². The molecule has 2 N–H and O–H groups in total. The summed E-state index contributed by atoms with van der Waals surface area (Å²) < 4.78 is 25.6. The lowest BCUT2D eigenvalue weighted by Crippen LogP contribution is -2.32. The standard InChI is InChI=1S/C10H17N3O2S/c1-2-13(8-4-6-11)16(14,15)10-5-3-7-12-9-10/h3,5,7,9H,2,4,6,8,11H2,1H3. The lowest BCUT2D eigenvalue weighted by Gasteiger charge is -2.19. The summed E-state index contributed by atoms with van der Waals surface area (Å²) in [5.74, 6) is 0. The molecule has 1 aromatic heterocycles. The van der Waals surface area contributed by atoms with Crippen molar-refractivity contribution in [2.75, 3.05) is 19.6 Å². The summed E-state index contributed by atoms with van der Waals surface area (Å²) in [4.78, 5) is 4.05. The zero-order chi connectivity index (χ0) is 12.0. The van der Waals surface area contributed by atoms with Crippen LogP contribution in [0, 0.1) is 0 Å². The maximum Gasteiger partial charge on any atom is 0.244 e.